The second-order valence-electron chi connectivity index (χ2n) is 9.77. The topological polar surface area (TPSA) is 135 Å². The minimum atomic E-state index is -1.63. The summed E-state index contributed by atoms with van der Waals surface area (Å²) in [5, 5.41) is 29.2. The Morgan fingerprint density at radius 2 is 1.90 bits per heavy atom. The van der Waals surface area contributed by atoms with E-state index in [4.69, 9.17) is 5.14 Å². The molecule has 1 aromatic heterocycles. The predicted octanol–water partition coefficient (Wildman–Crippen LogP) is 6.54. The molecule has 7 nitrogen and oxygen atoms in total. The van der Waals surface area contributed by atoms with E-state index in [1.807, 2.05) is 0 Å². The van der Waals surface area contributed by atoms with Crippen LogP contribution >= 0.6 is 11.3 Å². The van der Waals surface area contributed by atoms with E-state index in [9.17, 15) is 28.6 Å². The van der Waals surface area contributed by atoms with Gasteiger partial charge in [-0.05, 0) is 78.8 Å². The maximum Gasteiger partial charge on any atom is 0.355 e. The number of carbonyl (C=O) groups is 1. The average molecular weight is 593 g/mol. The minimum Gasteiger partial charge on any atom is -0.593 e. The molecule has 1 aliphatic rings. The lowest BCUT2D eigenvalue weighted by atomic mass is 9.91. The first-order valence-electron chi connectivity index (χ1n) is 12.8. The van der Waals surface area contributed by atoms with Crippen molar-refractivity contribution in [1.29, 1.82) is 5.41 Å². The lowest BCUT2D eigenvalue weighted by Crippen LogP contribution is -2.16. The Balaban J connectivity index is 1.59. The lowest BCUT2D eigenvalue weighted by Gasteiger charge is -2.19. The summed E-state index contributed by atoms with van der Waals surface area (Å²) in [5.74, 6) is -1.77. The third kappa shape index (κ3) is 7.06. The zero-order valence-corrected chi connectivity index (χ0v) is 23.3. The van der Waals surface area contributed by atoms with E-state index in [1.165, 1.54) is 41.8 Å². The summed E-state index contributed by atoms with van der Waals surface area (Å²) < 4.78 is 40.5. The number of aromatic nitrogens is 1. The van der Waals surface area contributed by atoms with Crippen LogP contribution < -0.4 is 10.5 Å². The van der Waals surface area contributed by atoms with Gasteiger partial charge in [0.05, 0.1) is 17.1 Å². The van der Waals surface area contributed by atoms with E-state index < -0.39 is 29.0 Å². The first-order chi connectivity index (χ1) is 19.7. The van der Waals surface area contributed by atoms with Gasteiger partial charge in [0.15, 0.2) is 15.7 Å². The van der Waals surface area contributed by atoms with Crippen molar-refractivity contribution in [2.45, 2.75) is 30.6 Å². The summed E-state index contributed by atoms with van der Waals surface area (Å²) >= 11 is -0.481. The molecule has 0 bridgehead atoms. The van der Waals surface area contributed by atoms with Crippen LogP contribution in [0.3, 0.4) is 0 Å². The van der Waals surface area contributed by atoms with E-state index in [2.05, 4.69) is 10.3 Å². The van der Waals surface area contributed by atoms with Gasteiger partial charge >= 0.3 is 5.97 Å². The van der Waals surface area contributed by atoms with E-state index in [1.54, 1.807) is 30.3 Å². The van der Waals surface area contributed by atoms with E-state index >= 15 is 0 Å². The van der Waals surface area contributed by atoms with Crippen LogP contribution in [-0.2, 0) is 17.8 Å². The van der Waals surface area contributed by atoms with Crippen molar-refractivity contribution in [3.8, 4) is 11.1 Å². The SMILES string of the molecule is N=C(/C(Cc1ccc([S+](N)[O-])cc1)=C(/CC1CC1)Nc1nc(C(=O)O)cs1)c1ccc(F)c(-c2cccc(F)c2)c1. The highest BCUT2D eigenvalue weighted by Gasteiger charge is 2.27. The number of anilines is 1. The normalized spacial score (nSPS) is 14.3. The molecule has 5 N–H and O–H groups in total. The van der Waals surface area contributed by atoms with Crippen LogP contribution in [0.2, 0.25) is 0 Å². The fraction of sp³-hybridized carbons (Fsp3) is 0.167. The van der Waals surface area contributed by atoms with E-state index in [0.29, 0.717) is 51.2 Å². The number of halogens is 2. The molecule has 0 aliphatic heterocycles. The number of carboxylic acids is 1. The molecule has 1 atom stereocenters. The third-order valence-electron chi connectivity index (χ3n) is 6.76. The molecule has 0 amide bonds. The van der Waals surface area contributed by atoms with Gasteiger partial charge in [0.2, 0.25) is 0 Å². The van der Waals surface area contributed by atoms with Crippen molar-refractivity contribution in [3.05, 3.63) is 112 Å². The number of nitrogens with one attached hydrogen (secondary N) is 2. The highest BCUT2D eigenvalue weighted by molar-refractivity contribution is 7.89. The predicted molar refractivity (Wildman–Crippen MR) is 156 cm³/mol. The van der Waals surface area contributed by atoms with Gasteiger partial charge in [-0.15, -0.1) is 16.5 Å². The van der Waals surface area contributed by atoms with Crippen LogP contribution in [0.25, 0.3) is 11.1 Å². The fourth-order valence-electron chi connectivity index (χ4n) is 4.44. The number of aromatic carboxylic acids is 1. The molecule has 4 aromatic rings. The number of hydrogen-bond acceptors (Lipinski definition) is 7. The number of thiazole rings is 1. The van der Waals surface area contributed by atoms with E-state index in [-0.39, 0.29) is 17.0 Å². The van der Waals surface area contributed by atoms with Crippen LogP contribution in [0.1, 0.15) is 40.9 Å². The van der Waals surface area contributed by atoms with Crippen molar-refractivity contribution in [3.63, 3.8) is 0 Å². The van der Waals surface area contributed by atoms with Gasteiger partial charge < -0.3 is 15.0 Å². The number of allylic oxidation sites excluding steroid dienone is 2. The molecule has 11 heteroatoms. The van der Waals surface area contributed by atoms with Crippen LogP contribution in [0, 0.1) is 23.0 Å². The van der Waals surface area contributed by atoms with Gasteiger partial charge in [-0.1, -0.05) is 24.3 Å². The van der Waals surface area contributed by atoms with Gasteiger partial charge in [0.25, 0.3) is 0 Å². The number of benzene rings is 3. The summed E-state index contributed by atoms with van der Waals surface area (Å²) in [5.41, 5.74) is 3.16. The summed E-state index contributed by atoms with van der Waals surface area (Å²) in [6.45, 7) is 0. The number of hydrogen-bond donors (Lipinski definition) is 4. The maximum absolute atomic E-state index is 14.9. The molecule has 1 saturated carbocycles. The number of carboxylic acid groups (broad SMARTS) is 1. The molecular weight excluding hydrogens is 566 g/mol. The lowest BCUT2D eigenvalue weighted by molar-refractivity contribution is 0.0691. The molecule has 210 valence electrons. The highest BCUT2D eigenvalue weighted by atomic mass is 32.2. The van der Waals surface area contributed by atoms with Crippen LogP contribution in [0.4, 0.5) is 13.9 Å². The van der Waals surface area contributed by atoms with Crippen molar-refractivity contribution < 1.29 is 23.2 Å². The summed E-state index contributed by atoms with van der Waals surface area (Å²) in [6.07, 6.45) is 2.97. The van der Waals surface area contributed by atoms with Crippen molar-refractivity contribution in [1.82, 2.24) is 4.98 Å². The molecule has 1 unspecified atom stereocenters. The number of nitrogens with two attached hydrogens (primary N) is 1. The minimum absolute atomic E-state index is 0.0801. The summed E-state index contributed by atoms with van der Waals surface area (Å²) in [7, 11) is 0. The van der Waals surface area contributed by atoms with Gasteiger partial charge in [0.1, 0.15) is 11.6 Å². The van der Waals surface area contributed by atoms with Crippen molar-refractivity contribution in [2.75, 3.05) is 5.32 Å². The molecule has 0 spiro atoms. The zero-order chi connectivity index (χ0) is 29.1. The first kappa shape index (κ1) is 28.6. The average Bonchev–Trinajstić information content (AvgIpc) is 3.64. The molecule has 41 heavy (non-hydrogen) atoms. The van der Waals surface area contributed by atoms with Gasteiger partial charge in [-0.3, -0.25) is 5.41 Å². The molecule has 0 saturated heterocycles. The Hall–Kier alpha value is -3.90. The van der Waals surface area contributed by atoms with E-state index in [0.717, 1.165) is 29.7 Å². The quantitative estimate of drug-likeness (QED) is 0.115. The van der Waals surface area contributed by atoms with Gasteiger partial charge in [0, 0.05) is 34.2 Å². The van der Waals surface area contributed by atoms with Gasteiger partial charge in [-0.25, -0.2) is 18.6 Å². The van der Waals surface area contributed by atoms with Crippen LogP contribution in [0.5, 0.6) is 0 Å². The Morgan fingerprint density at radius 1 is 1.15 bits per heavy atom. The first-order valence-corrected chi connectivity index (χ1v) is 14.8. The third-order valence-corrected chi connectivity index (χ3v) is 8.26. The number of rotatable bonds is 11. The Morgan fingerprint density at radius 3 is 2.54 bits per heavy atom. The molecule has 5 rings (SSSR count). The Kier molecular flexibility index (Phi) is 8.60. The zero-order valence-electron chi connectivity index (χ0n) is 21.7. The highest BCUT2D eigenvalue weighted by Crippen LogP contribution is 2.38. The fourth-order valence-corrected chi connectivity index (χ4v) is 5.56. The molecule has 3 aromatic carbocycles. The molecule has 1 heterocycles. The molecule has 1 aliphatic carbocycles. The molecule has 1 fully saturated rings. The molecule has 0 radical (unpaired) electrons. The van der Waals surface area contributed by atoms with Gasteiger partial charge in [-0.2, -0.15) is 0 Å². The standard InChI is InChI=1S/C30H26F2N4O3S2/c31-21-3-1-2-19(14-21)23-15-20(8-11-25(23)32)28(33)24(12-17-6-9-22(10-7-17)41(34)39)26(13-18-4-5-18)35-30-36-27(16-40-30)29(37)38/h1-3,6-11,14-16,18,33H,4-5,12-13,34H2,(H,35,36)(H,37,38)/b26-24-,33-28?. The van der Waals surface area contributed by atoms with Crippen molar-refractivity contribution >= 4 is 39.5 Å². The smallest absolute Gasteiger partial charge is 0.355 e. The molecular formula is C30H26F2N4O3S2. The maximum atomic E-state index is 14.9. The monoisotopic (exact) mass is 592 g/mol. The Bertz CT molecular complexity index is 1630. The Labute approximate surface area is 242 Å². The summed E-state index contributed by atoms with van der Waals surface area (Å²) in [4.78, 5) is 16.1. The number of nitrogens with zero attached hydrogens (tertiary/aromatic N) is 1. The summed E-state index contributed by atoms with van der Waals surface area (Å²) in [6, 6.07) is 16.9. The van der Waals surface area contributed by atoms with Crippen LogP contribution in [0.15, 0.2) is 88.3 Å². The second-order valence-corrected chi connectivity index (χ2v) is 11.7. The van der Waals surface area contributed by atoms with Crippen LogP contribution in [-0.4, -0.2) is 26.3 Å². The largest absolute Gasteiger partial charge is 0.593 e. The second kappa shape index (κ2) is 12.3. The van der Waals surface area contributed by atoms with Crippen molar-refractivity contribution in [2.24, 2.45) is 11.1 Å².